The van der Waals surface area contributed by atoms with Crippen LogP contribution in [0.25, 0.3) is 32.5 Å². The van der Waals surface area contributed by atoms with Crippen LogP contribution in [-0.2, 0) is 4.74 Å². The van der Waals surface area contributed by atoms with Crippen molar-refractivity contribution in [1.29, 1.82) is 0 Å². The number of benzene rings is 2. The molecule has 26 heavy (non-hydrogen) atoms. The van der Waals surface area contributed by atoms with E-state index in [1.165, 1.54) is 25.3 Å². The number of aromatic nitrogens is 1. The number of esters is 1. The number of nitrogens with zero attached hydrogens (tertiary/aromatic N) is 4. The molecule has 2 aromatic carbocycles. The number of carbonyl (C=O) groups is 1. The maximum absolute atomic E-state index is 13.9. The van der Waals surface area contributed by atoms with Crippen LogP contribution in [0.2, 0.25) is 0 Å². The molecule has 1 heterocycles. The van der Waals surface area contributed by atoms with Gasteiger partial charge in [0.2, 0.25) is 0 Å². The summed E-state index contributed by atoms with van der Waals surface area (Å²) in [7, 11) is 1.26. The highest BCUT2D eigenvalue weighted by Gasteiger charge is 2.25. The predicted octanol–water partition coefficient (Wildman–Crippen LogP) is 5.20. The van der Waals surface area contributed by atoms with Gasteiger partial charge in [0.25, 0.3) is 0 Å². The number of carbonyl (C=O) groups excluding carboxylic acids is 1. The Hall–Kier alpha value is -3.44. The maximum Gasteiger partial charge on any atom is 0.339 e. The van der Waals surface area contributed by atoms with Gasteiger partial charge in [0.15, 0.2) is 0 Å². The lowest BCUT2D eigenvalue weighted by Crippen LogP contribution is -2.10. The average Bonchev–Trinajstić information content (AvgIpc) is 2.66. The number of azide groups is 1. The quantitative estimate of drug-likeness (QED) is 0.280. The second kappa shape index (κ2) is 7.21. The monoisotopic (exact) mass is 350 g/mol. The largest absolute Gasteiger partial charge is 0.465 e. The number of pyridine rings is 1. The fourth-order valence-electron chi connectivity index (χ4n) is 2.90. The molecule has 0 radical (unpaired) electrons. The van der Waals surface area contributed by atoms with Gasteiger partial charge in [0.05, 0.1) is 29.9 Å². The van der Waals surface area contributed by atoms with Gasteiger partial charge in [-0.15, -0.1) is 0 Å². The molecule has 0 bridgehead atoms. The Morgan fingerprint density at radius 2 is 2.00 bits per heavy atom. The van der Waals surface area contributed by atoms with E-state index >= 15 is 0 Å². The third-order valence-electron chi connectivity index (χ3n) is 4.05. The van der Waals surface area contributed by atoms with Crippen LogP contribution < -0.4 is 0 Å². The third kappa shape index (κ3) is 3.08. The highest BCUT2D eigenvalue weighted by molar-refractivity contribution is 6.09. The zero-order valence-electron chi connectivity index (χ0n) is 14.2. The molecule has 0 fully saturated rings. The van der Waals surface area contributed by atoms with Crippen LogP contribution in [0.3, 0.4) is 0 Å². The topological polar surface area (TPSA) is 88.0 Å². The van der Waals surface area contributed by atoms with E-state index in [0.717, 1.165) is 0 Å². The first-order valence-corrected chi connectivity index (χ1v) is 7.88. The highest BCUT2D eigenvalue weighted by Crippen LogP contribution is 2.36. The standard InChI is InChI=1S/C19H15FN4O2/c1-11(23-24-21)18-16(12-6-4-3-5-7-12)17(19(25)26-2)14-10-13(20)8-9-15(14)22-18/h3-11H,1-2H3. The lowest BCUT2D eigenvalue weighted by atomic mass is 9.92. The second-order valence-corrected chi connectivity index (χ2v) is 5.65. The molecule has 0 amide bonds. The summed E-state index contributed by atoms with van der Waals surface area (Å²) in [6.07, 6.45) is 0. The van der Waals surface area contributed by atoms with Gasteiger partial charge in [-0.1, -0.05) is 42.4 Å². The minimum absolute atomic E-state index is 0.193. The molecule has 0 saturated heterocycles. The summed E-state index contributed by atoms with van der Waals surface area (Å²) in [5.74, 6) is -1.10. The number of hydrogen-bond acceptors (Lipinski definition) is 4. The molecular formula is C19H15FN4O2. The number of ether oxygens (including phenoxy) is 1. The normalized spacial score (nSPS) is 11.7. The SMILES string of the molecule is COC(=O)c1c(-c2ccccc2)c(C(C)N=[N+]=[N-])nc2ccc(F)cc12. The first kappa shape index (κ1) is 17.4. The van der Waals surface area contributed by atoms with Crippen LogP contribution in [0.1, 0.15) is 29.0 Å². The average molecular weight is 350 g/mol. The summed E-state index contributed by atoms with van der Waals surface area (Å²) in [5, 5.41) is 4.06. The number of hydrogen-bond donors (Lipinski definition) is 0. The van der Waals surface area contributed by atoms with Crippen molar-refractivity contribution in [3.63, 3.8) is 0 Å². The lowest BCUT2D eigenvalue weighted by Gasteiger charge is -2.18. The zero-order valence-corrected chi connectivity index (χ0v) is 14.2. The summed E-state index contributed by atoms with van der Waals surface area (Å²) >= 11 is 0. The molecule has 3 aromatic rings. The summed E-state index contributed by atoms with van der Waals surface area (Å²) in [6, 6.07) is 12.4. The molecule has 0 spiro atoms. The minimum Gasteiger partial charge on any atom is -0.465 e. The Labute approximate surface area is 148 Å². The van der Waals surface area contributed by atoms with Gasteiger partial charge >= 0.3 is 5.97 Å². The van der Waals surface area contributed by atoms with E-state index in [0.29, 0.717) is 27.7 Å². The van der Waals surface area contributed by atoms with Gasteiger partial charge in [-0.05, 0) is 29.3 Å². The Balaban J connectivity index is 2.50. The van der Waals surface area contributed by atoms with Gasteiger partial charge in [-0.3, -0.25) is 4.98 Å². The van der Waals surface area contributed by atoms with Crippen molar-refractivity contribution in [2.24, 2.45) is 5.11 Å². The smallest absolute Gasteiger partial charge is 0.339 e. The van der Waals surface area contributed by atoms with Gasteiger partial charge in [-0.25, -0.2) is 9.18 Å². The molecule has 0 saturated carbocycles. The van der Waals surface area contributed by atoms with E-state index in [-0.39, 0.29) is 5.56 Å². The van der Waals surface area contributed by atoms with Crippen molar-refractivity contribution in [2.45, 2.75) is 13.0 Å². The van der Waals surface area contributed by atoms with Gasteiger partial charge in [0.1, 0.15) is 5.82 Å². The molecular weight excluding hydrogens is 335 g/mol. The van der Waals surface area contributed by atoms with Crippen LogP contribution in [0.4, 0.5) is 4.39 Å². The fourth-order valence-corrected chi connectivity index (χ4v) is 2.90. The van der Waals surface area contributed by atoms with Crippen molar-refractivity contribution < 1.29 is 13.9 Å². The number of methoxy groups -OCH3 is 1. The van der Waals surface area contributed by atoms with Crippen LogP contribution in [0, 0.1) is 5.82 Å². The summed E-state index contributed by atoms with van der Waals surface area (Å²) in [4.78, 5) is 20.0. The number of halogens is 1. The van der Waals surface area contributed by atoms with E-state index in [4.69, 9.17) is 10.3 Å². The van der Waals surface area contributed by atoms with Crippen LogP contribution in [0.15, 0.2) is 53.6 Å². The van der Waals surface area contributed by atoms with Crippen molar-refractivity contribution >= 4 is 16.9 Å². The van der Waals surface area contributed by atoms with E-state index < -0.39 is 17.8 Å². The Morgan fingerprint density at radius 3 is 2.65 bits per heavy atom. The third-order valence-corrected chi connectivity index (χ3v) is 4.05. The molecule has 1 atom stereocenters. The second-order valence-electron chi connectivity index (χ2n) is 5.65. The predicted molar refractivity (Wildman–Crippen MR) is 96.0 cm³/mol. The van der Waals surface area contributed by atoms with E-state index in [9.17, 15) is 9.18 Å². The molecule has 3 rings (SSSR count). The molecule has 1 aromatic heterocycles. The Bertz CT molecular complexity index is 1030. The summed E-state index contributed by atoms with van der Waals surface area (Å²) in [6.45, 7) is 1.69. The van der Waals surface area contributed by atoms with Crippen molar-refractivity contribution in [3.8, 4) is 11.1 Å². The number of rotatable bonds is 4. The Morgan fingerprint density at radius 1 is 1.27 bits per heavy atom. The highest BCUT2D eigenvalue weighted by atomic mass is 19.1. The fraction of sp³-hybridized carbons (Fsp3) is 0.158. The molecule has 6 nitrogen and oxygen atoms in total. The van der Waals surface area contributed by atoms with Crippen LogP contribution >= 0.6 is 0 Å². The lowest BCUT2D eigenvalue weighted by molar-refractivity contribution is 0.0603. The summed E-state index contributed by atoms with van der Waals surface area (Å²) < 4.78 is 18.8. The molecule has 1 unspecified atom stereocenters. The van der Waals surface area contributed by atoms with Crippen molar-refractivity contribution in [1.82, 2.24) is 4.98 Å². The molecule has 0 aliphatic rings. The first-order chi connectivity index (χ1) is 12.6. The molecule has 130 valence electrons. The molecule has 0 N–H and O–H groups in total. The molecule has 0 aliphatic heterocycles. The van der Waals surface area contributed by atoms with Gasteiger partial charge in [-0.2, -0.15) is 0 Å². The van der Waals surface area contributed by atoms with E-state index in [2.05, 4.69) is 15.0 Å². The maximum atomic E-state index is 13.9. The van der Waals surface area contributed by atoms with Gasteiger partial charge in [0, 0.05) is 15.9 Å². The first-order valence-electron chi connectivity index (χ1n) is 7.88. The van der Waals surface area contributed by atoms with Crippen LogP contribution in [0.5, 0.6) is 0 Å². The minimum atomic E-state index is -0.631. The van der Waals surface area contributed by atoms with E-state index in [1.807, 2.05) is 18.2 Å². The van der Waals surface area contributed by atoms with Crippen LogP contribution in [-0.4, -0.2) is 18.1 Å². The summed E-state index contributed by atoms with van der Waals surface area (Å²) in [5.41, 5.74) is 11.0. The van der Waals surface area contributed by atoms with Crippen molar-refractivity contribution in [3.05, 3.63) is 76.0 Å². The van der Waals surface area contributed by atoms with Crippen molar-refractivity contribution in [2.75, 3.05) is 7.11 Å². The Kier molecular flexibility index (Phi) is 4.82. The molecule has 0 aliphatic carbocycles. The molecule has 7 heteroatoms. The number of fused-ring (bicyclic) bond motifs is 1. The van der Waals surface area contributed by atoms with Gasteiger partial charge < -0.3 is 4.74 Å². The van der Waals surface area contributed by atoms with E-state index in [1.54, 1.807) is 19.1 Å². The zero-order chi connectivity index (χ0) is 18.7.